The Morgan fingerprint density at radius 3 is 2.07 bits per heavy atom. The van der Waals surface area contributed by atoms with E-state index in [2.05, 4.69) is 29.2 Å². The molecule has 0 unspecified atom stereocenters. The maximum Gasteiger partial charge on any atom is 0.242 e. The van der Waals surface area contributed by atoms with Crippen molar-refractivity contribution < 1.29 is 14.4 Å². The average Bonchev–Trinajstić information content (AvgIpc) is 2.69. The van der Waals surface area contributed by atoms with Gasteiger partial charge in [0, 0.05) is 58.8 Å². The fraction of sp³-hybridized carbons (Fsp3) is 0.857. The number of nitrogens with zero attached hydrogens (tertiary/aromatic N) is 4. The van der Waals surface area contributed by atoms with E-state index in [1.807, 2.05) is 9.80 Å². The van der Waals surface area contributed by atoms with Gasteiger partial charge in [0.25, 0.3) is 0 Å². The minimum atomic E-state index is -0.992. The number of rotatable bonds is 7. The first kappa shape index (κ1) is 24.6. The summed E-state index contributed by atoms with van der Waals surface area (Å²) in [5.41, 5.74) is 4.77. The molecule has 2 rings (SSSR count). The molecule has 172 valence electrons. The first-order valence-corrected chi connectivity index (χ1v) is 11.1. The Bertz CT molecular complexity index is 602. The molecule has 2 heterocycles. The van der Waals surface area contributed by atoms with Gasteiger partial charge in [-0.3, -0.25) is 14.4 Å². The normalized spacial score (nSPS) is 19.5. The Morgan fingerprint density at radius 1 is 1.03 bits per heavy atom. The van der Waals surface area contributed by atoms with Crippen molar-refractivity contribution in [2.24, 2.45) is 11.7 Å². The molecule has 9 nitrogen and oxygen atoms in total. The average molecular weight is 425 g/mol. The molecule has 2 aliphatic heterocycles. The lowest BCUT2D eigenvalue weighted by Crippen LogP contribution is -2.60. The van der Waals surface area contributed by atoms with Gasteiger partial charge in [0.1, 0.15) is 0 Å². The fourth-order valence-electron chi connectivity index (χ4n) is 4.05. The van der Waals surface area contributed by atoms with Crippen molar-refractivity contribution in [1.29, 1.82) is 0 Å². The van der Waals surface area contributed by atoms with Gasteiger partial charge in [-0.25, -0.2) is 10.0 Å². The van der Waals surface area contributed by atoms with E-state index < -0.39 is 5.54 Å². The SMILES string of the molecule is CC(=O)N1CCC(N(CC(C)C)N2CCN(C(=O)CNC(=O)C(C)(C)N)CC2)CC1. The number of piperidine rings is 1. The van der Waals surface area contributed by atoms with E-state index in [9.17, 15) is 14.4 Å². The van der Waals surface area contributed by atoms with Crippen LogP contribution in [0.2, 0.25) is 0 Å². The van der Waals surface area contributed by atoms with Gasteiger partial charge in [-0.15, -0.1) is 0 Å². The Kier molecular flexibility index (Phi) is 8.63. The number of piperazine rings is 1. The predicted molar refractivity (Wildman–Crippen MR) is 116 cm³/mol. The number of carbonyl (C=O) groups is 3. The molecule has 3 N–H and O–H groups in total. The van der Waals surface area contributed by atoms with Crippen molar-refractivity contribution in [3.8, 4) is 0 Å². The summed E-state index contributed by atoms with van der Waals surface area (Å²) in [5.74, 6) is 0.290. The van der Waals surface area contributed by atoms with Crippen LogP contribution in [0.5, 0.6) is 0 Å². The smallest absolute Gasteiger partial charge is 0.242 e. The summed E-state index contributed by atoms with van der Waals surface area (Å²) in [6, 6.07) is 0.427. The molecule has 0 bridgehead atoms. The number of amides is 3. The number of hydrogen-bond acceptors (Lipinski definition) is 6. The second kappa shape index (κ2) is 10.5. The Morgan fingerprint density at radius 2 is 1.60 bits per heavy atom. The topological polar surface area (TPSA) is 102 Å². The summed E-state index contributed by atoms with van der Waals surface area (Å²) < 4.78 is 0. The zero-order valence-electron chi connectivity index (χ0n) is 19.3. The lowest BCUT2D eigenvalue weighted by molar-refractivity contribution is -0.143. The van der Waals surface area contributed by atoms with Crippen LogP contribution in [-0.2, 0) is 14.4 Å². The number of nitrogens with one attached hydrogen (secondary N) is 1. The molecule has 0 aliphatic carbocycles. The van der Waals surface area contributed by atoms with Crippen LogP contribution in [0.3, 0.4) is 0 Å². The van der Waals surface area contributed by atoms with E-state index in [4.69, 9.17) is 5.73 Å². The summed E-state index contributed by atoms with van der Waals surface area (Å²) in [4.78, 5) is 39.8. The first-order valence-electron chi connectivity index (χ1n) is 11.1. The van der Waals surface area contributed by atoms with E-state index in [-0.39, 0.29) is 24.3 Å². The molecular weight excluding hydrogens is 384 g/mol. The van der Waals surface area contributed by atoms with Gasteiger partial charge in [0.15, 0.2) is 0 Å². The summed E-state index contributed by atoms with van der Waals surface area (Å²) in [5, 5.41) is 7.48. The summed E-state index contributed by atoms with van der Waals surface area (Å²) in [6.07, 6.45) is 1.96. The van der Waals surface area contributed by atoms with Gasteiger partial charge >= 0.3 is 0 Å². The highest BCUT2D eigenvalue weighted by Gasteiger charge is 2.32. The third kappa shape index (κ3) is 6.92. The quantitative estimate of drug-likeness (QED) is 0.590. The zero-order chi connectivity index (χ0) is 22.5. The summed E-state index contributed by atoms with van der Waals surface area (Å²) >= 11 is 0. The molecule has 0 saturated carbocycles. The van der Waals surface area contributed by atoms with E-state index in [1.54, 1.807) is 20.8 Å². The fourth-order valence-corrected chi connectivity index (χ4v) is 4.05. The van der Waals surface area contributed by atoms with Crippen LogP contribution in [-0.4, -0.2) is 101 Å². The molecule has 0 aromatic heterocycles. The molecular formula is C21H40N6O3. The lowest BCUT2D eigenvalue weighted by atomic mass is 10.0. The van der Waals surface area contributed by atoms with Gasteiger partial charge in [-0.05, 0) is 32.6 Å². The minimum Gasteiger partial charge on any atom is -0.345 e. The van der Waals surface area contributed by atoms with Crippen LogP contribution in [0.15, 0.2) is 0 Å². The third-order valence-corrected chi connectivity index (χ3v) is 5.84. The molecule has 3 amide bonds. The number of hydrazine groups is 1. The molecule has 9 heteroatoms. The molecule has 2 saturated heterocycles. The standard InChI is InChI=1S/C21H40N6O3/c1-16(2)15-27(18-6-8-24(9-7-18)17(3)28)26-12-10-25(11-13-26)19(29)14-23-20(30)21(4,5)22/h16,18H,6-15,22H2,1-5H3,(H,23,30). The van der Waals surface area contributed by atoms with Crippen LogP contribution >= 0.6 is 0 Å². The van der Waals surface area contributed by atoms with E-state index in [0.717, 1.165) is 45.6 Å². The lowest BCUT2D eigenvalue weighted by Gasteiger charge is -2.47. The van der Waals surface area contributed by atoms with E-state index >= 15 is 0 Å². The van der Waals surface area contributed by atoms with Crippen molar-refractivity contribution in [1.82, 2.24) is 25.1 Å². The molecule has 2 aliphatic rings. The van der Waals surface area contributed by atoms with Crippen molar-refractivity contribution in [3.63, 3.8) is 0 Å². The van der Waals surface area contributed by atoms with Crippen LogP contribution in [0.1, 0.15) is 47.5 Å². The van der Waals surface area contributed by atoms with E-state index in [0.29, 0.717) is 25.0 Å². The maximum atomic E-state index is 12.5. The Hall–Kier alpha value is -1.71. The number of likely N-dealkylation sites (tertiary alicyclic amines) is 1. The molecule has 30 heavy (non-hydrogen) atoms. The molecule has 0 aromatic carbocycles. The van der Waals surface area contributed by atoms with Crippen LogP contribution in [0, 0.1) is 5.92 Å². The van der Waals surface area contributed by atoms with Crippen molar-refractivity contribution >= 4 is 17.7 Å². The van der Waals surface area contributed by atoms with Gasteiger partial charge in [-0.2, -0.15) is 0 Å². The van der Waals surface area contributed by atoms with Crippen molar-refractivity contribution in [3.05, 3.63) is 0 Å². The molecule has 0 radical (unpaired) electrons. The minimum absolute atomic E-state index is 0.0152. The molecule has 0 atom stereocenters. The highest BCUT2D eigenvalue weighted by atomic mass is 16.2. The number of hydrogen-bond donors (Lipinski definition) is 2. The van der Waals surface area contributed by atoms with Crippen LogP contribution in [0.4, 0.5) is 0 Å². The summed E-state index contributed by atoms with van der Waals surface area (Å²) in [7, 11) is 0. The number of nitrogens with two attached hydrogens (primary N) is 1. The molecule has 2 fully saturated rings. The van der Waals surface area contributed by atoms with Crippen LogP contribution in [0.25, 0.3) is 0 Å². The van der Waals surface area contributed by atoms with Gasteiger partial charge in [0.2, 0.25) is 17.7 Å². The van der Waals surface area contributed by atoms with Gasteiger partial charge < -0.3 is 20.9 Å². The van der Waals surface area contributed by atoms with Crippen molar-refractivity contribution in [2.75, 3.05) is 52.4 Å². The largest absolute Gasteiger partial charge is 0.345 e. The summed E-state index contributed by atoms with van der Waals surface area (Å²) in [6.45, 7) is 14.7. The zero-order valence-corrected chi connectivity index (χ0v) is 19.3. The van der Waals surface area contributed by atoms with Gasteiger partial charge in [0.05, 0.1) is 12.1 Å². The second-order valence-electron chi connectivity index (χ2n) is 9.49. The highest BCUT2D eigenvalue weighted by Crippen LogP contribution is 2.21. The van der Waals surface area contributed by atoms with E-state index in [1.165, 1.54) is 0 Å². The van der Waals surface area contributed by atoms with Crippen molar-refractivity contribution in [2.45, 2.75) is 59.0 Å². The second-order valence-corrected chi connectivity index (χ2v) is 9.49. The Balaban J connectivity index is 1.87. The predicted octanol–water partition coefficient (Wildman–Crippen LogP) is -0.132. The highest BCUT2D eigenvalue weighted by molar-refractivity contribution is 5.89. The monoisotopic (exact) mass is 424 g/mol. The van der Waals surface area contributed by atoms with Gasteiger partial charge in [-0.1, -0.05) is 13.8 Å². The Labute approximate surface area is 180 Å². The molecule has 0 spiro atoms. The molecule has 0 aromatic rings. The third-order valence-electron chi connectivity index (χ3n) is 5.84. The maximum absolute atomic E-state index is 12.5. The first-order chi connectivity index (χ1) is 14.0. The number of carbonyl (C=O) groups excluding carboxylic acids is 3. The van der Waals surface area contributed by atoms with Crippen LogP contribution < -0.4 is 11.1 Å².